The number of rotatable bonds is 6. The van der Waals surface area contributed by atoms with Gasteiger partial charge in [0, 0.05) is 19.6 Å². The summed E-state index contributed by atoms with van der Waals surface area (Å²) in [7, 11) is -2.39. The summed E-state index contributed by atoms with van der Waals surface area (Å²) in [6.45, 7) is 5.49. The van der Waals surface area contributed by atoms with E-state index in [1.54, 1.807) is 30.0 Å². The summed E-state index contributed by atoms with van der Waals surface area (Å²) in [5, 5.41) is 0. The van der Waals surface area contributed by atoms with Gasteiger partial charge in [-0.25, -0.2) is 8.42 Å². The number of carbonyl (C=O) groups excluding carboxylic acids is 1. The van der Waals surface area contributed by atoms with Crippen molar-refractivity contribution in [3.63, 3.8) is 0 Å². The molecule has 2 rings (SSSR count). The van der Waals surface area contributed by atoms with Crippen LogP contribution in [0.1, 0.15) is 12.5 Å². The zero-order valence-corrected chi connectivity index (χ0v) is 15.1. The van der Waals surface area contributed by atoms with Gasteiger partial charge < -0.3 is 14.4 Å². The number of morpholine rings is 1. The Morgan fingerprint density at radius 1 is 1.33 bits per heavy atom. The van der Waals surface area contributed by atoms with Gasteiger partial charge in [-0.2, -0.15) is 4.31 Å². The van der Waals surface area contributed by atoms with Crippen LogP contribution in [0.5, 0.6) is 5.75 Å². The molecule has 1 fully saturated rings. The van der Waals surface area contributed by atoms with Gasteiger partial charge in [0.25, 0.3) is 0 Å². The van der Waals surface area contributed by atoms with Crippen molar-refractivity contribution in [2.45, 2.75) is 18.7 Å². The maximum absolute atomic E-state index is 13.0. The largest absolute Gasteiger partial charge is 0.495 e. The molecule has 1 heterocycles. The van der Waals surface area contributed by atoms with Gasteiger partial charge in [-0.3, -0.25) is 4.79 Å². The maximum atomic E-state index is 13.0. The fourth-order valence-corrected chi connectivity index (χ4v) is 4.19. The number of nitrogens with zero attached hydrogens (tertiary/aromatic N) is 2. The Hall–Kier alpha value is -1.64. The number of carbonyl (C=O) groups is 1. The van der Waals surface area contributed by atoms with Crippen LogP contribution in [0, 0.1) is 6.92 Å². The molecule has 1 aliphatic rings. The van der Waals surface area contributed by atoms with E-state index >= 15 is 0 Å². The number of hydrogen-bond acceptors (Lipinski definition) is 5. The molecule has 0 unspecified atom stereocenters. The van der Waals surface area contributed by atoms with Crippen LogP contribution in [0.4, 0.5) is 0 Å². The smallest absolute Gasteiger partial charge is 0.247 e. The van der Waals surface area contributed by atoms with Crippen LogP contribution in [-0.2, 0) is 19.6 Å². The quantitative estimate of drug-likeness (QED) is 0.756. The Kier molecular flexibility index (Phi) is 6.20. The SMILES string of the molecule is CCN(CC(=O)N1CCOCC1)S(=O)(=O)c1cc(C)ccc1OC. The molecule has 7 nitrogen and oxygen atoms in total. The minimum absolute atomic E-state index is 0.0848. The van der Waals surface area contributed by atoms with Crippen LogP contribution in [0.15, 0.2) is 23.1 Å². The lowest BCUT2D eigenvalue weighted by molar-refractivity contribution is -0.135. The summed E-state index contributed by atoms with van der Waals surface area (Å²) >= 11 is 0. The molecule has 1 aliphatic heterocycles. The third-order valence-electron chi connectivity index (χ3n) is 3.97. The van der Waals surface area contributed by atoms with E-state index in [9.17, 15) is 13.2 Å². The molecule has 1 aromatic carbocycles. The van der Waals surface area contributed by atoms with Gasteiger partial charge in [0.1, 0.15) is 10.6 Å². The minimum atomic E-state index is -3.82. The van der Waals surface area contributed by atoms with Crippen LogP contribution < -0.4 is 4.74 Å². The van der Waals surface area contributed by atoms with Crippen molar-refractivity contribution in [3.8, 4) is 5.75 Å². The zero-order chi connectivity index (χ0) is 17.7. The molecule has 0 N–H and O–H groups in total. The topological polar surface area (TPSA) is 76.2 Å². The molecular weight excluding hydrogens is 332 g/mol. The molecule has 0 aromatic heterocycles. The highest BCUT2D eigenvalue weighted by Gasteiger charge is 2.30. The van der Waals surface area contributed by atoms with Gasteiger partial charge in [0.05, 0.1) is 26.9 Å². The number of methoxy groups -OCH3 is 1. The fourth-order valence-electron chi connectivity index (χ4n) is 2.55. The number of amides is 1. The van der Waals surface area contributed by atoms with Gasteiger partial charge in [0.15, 0.2) is 0 Å². The average molecular weight is 356 g/mol. The summed E-state index contributed by atoms with van der Waals surface area (Å²) < 4.78 is 37.5. The third kappa shape index (κ3) is 4.06. The molecule has 134 valence electrons. The van der Waals surface area contributed by atoms with Crippen molar-refractivity contribution in [1.29, 1.82) is 0 Å². The molecule has 8 heteroatoms. The lowest BCUT2D eigenvalue weighted by atomic mass is 10.2. The molecule has 1 amide bonds. The van der Waals surface area contributed by atoms with E-state index in [1.807, 2.05) is 6.92 Å². The van der Waals surface area contributed by atoms with Crippen LogP contribution in [0.3, 0.4) is 0 Å². The van der Waals surface area contributed by atoms with Crippen molar-refractivity contribution in [3.05, 3.63) is 23.8 Å². The molecule has 0 radical (unpaired) electrons. The van der Waals surface area contributed by atoms with E-state index in [0.717, 1.165) is 5.56 Å². The second kappa shape index (κ2) is 7.96. The maximum Gasteiger partial charge on any atom is 0.247 e. The van der Waals surface area contributed by atoms with Crippen LogP contribution in [0.25, 0.3) is 0 Å². The first-order valence-electron chi connectivity index (χ1n) is 7.90. The van der Waals surface area contributed by atoms with Crippen molar-refractivity contribution >= 4 is 15.9 Å². The Labute approximate surface area is 143 Å². The molecule has 0 aliphatic carbocycles. The number of likely N-dealkylation sites (N-methyl/N-ethyl adjacent to an activating group) is 1. The molecule has 0 spiro atoms. The summed E-state index contributed by atoms with van der Waals surface area (Å²) in [5.74, 6) is 0.0632. The lowest BCUT2D eigenvalue weighted by Crippen LogP contribution is -2.47. The number of hydrogen-bond donors (Lipinski definition) is 0. The lowest BCUT2D eigenvalue weighted by Gasteiger charge is -2.29. The van der Waals surface area contributed by atoms with Gasteiger partial charge in [-0.15, -0.1) is 0 Å². The van der Waals surface area contributed by atoms with Crippen molar-refractivity contribution < 1.29 is 22.7 Å². The van der Waals surface area contributed by atoms with E-state index in [1.165, 1.54) is 11.4 Å². The van der Waals surface area contributed by atoms with Crippen molar-refractivity contribution in [1.82, 2.24) is 9.21 Å². The Morgan fingerprint density at radius 2 is 2.00 bits per heavy atom. The predicted molar refractivity (Wildman–Crippen MR) is 89.6 cm³/mol. The van der Waals surface area contributed by atoms with Crippen LogP contribution >= 0.6 is 0 Å². The highest BCUT2D eigenvalue weighted by molar-refractivity contribution is 7.89. The molecule has 0 saturated carbocycles. The number of benzene rings is 1. The fraction of sp³-hybridized carbons (Fsp3) is 0.562. The third-order valence-corrected chi connectivity index (χ3v) is 5.91. The number of aryl methyl sites for hydroxylation is 1. The second-order valence-corrected chi connectivity index (χ2v) is 7.49. The van der Waals surface area contributed by atoms with E-state index in [0.29, 0.717) is 26.3 Å². The van der Waals surface area contributed by atoms with Crippen LogP contribution in [0.2, 0.25) is 0 Å². The van der Waals surface area contributed by atoms with E-state index in [-0.39, 0.29) is 29.6 Å². The molecule has 1 aromatic rings. The van der Waals surface area contributed by atoms with Crippen LogP contribution in [-0.4, -0.2) is 70.0 Å². The zero-order valence-electron chi connectivity index (χ0n) is 14.3. The van der Waals surface area contributed by atoms with Crippen molar-refractivity contribution in [2.75, 3.05) is 46.5 Å². The molecular formula is C16H24N2O5S. The average Bonchev–Trinajstić information content (AvgIpc) is 2.59. The number of ether oxygens (including phenoxy) is 2. The van der Waals surface area contributed by atoms with E-state index in [4.69, 9.17) is 9.47 Å². The monoisotopic (exact) mass is 356 g/mol. The molecule has 24 heavy (non-hydrogen) atoms. The highest BCUT2D eigenvalue weighted by atomic mass is 32.2. The minimum Gasteiger partial charge on any atom is -0.495 e. The summed E-state index contributed by atoms with van der Waals surface area (Å²) in [4.78, 5) is 14.1. The highest BCUT2D eigenvalue weighted by Crippen LogP contribution is 2.27. The van der Waals surface area contributed by atoms with Gasteiger partial charge in [0.2, 0.25) is 15.9 Å². The number of sulfonamides is 1. The van der Waals surface area contributed by atoms with Gasteiger partial charge >= 0.3 is 0 Å². The summed E-state index contributed by atoms with van der Waals surface area (Å²) in [6, 6.07) is 4.98. The van der Waals surface area contributed by atoms with Crippen molar-refractivity contribution in [2.24, 2.45) is 0 Å². The predicted octanol–water partition coefficient (Wildman–Crippen LogP) is 0.873. The first-order valence-corrected chi connectivity index (χ1v) is 9.34. The molecule has 0 atom stereocenters. The first kappa shape index (κ1) is 18.7. The summed E-state index contributed by atoms with van der Waals surface area (Å²) in [5.41, 5.74) is 0.810. The first-order chi connectivity index (χ1) is 11.4. The Bertz CT molecular complexity index is 684. The summed E-state index contributed by atoms with van der Waals surface area (Å²) in [6.07, 6.45) is 0. The normalized spacial score (nSPS) is 15.6. The Morgan fingerprint density at radius 3 is 2.58 bits per heavy atom. The molecule has 1 saturated heterocycles. The van der Waals surface area contributed by atoms with E-state index < -0.39 is 10.0 Å². The van der Waals surface area contributed by atoms with Gasteiger partial charge in [-0.05, 0) is 24.6 Å². The standard InChI is InChI=1S/C16H24N2O5S/c1-4-18(12-16(19)17-7-9-23-10-8-17)24(20,21)15-11-13(2)5-6-14(15)22-3/h5-6,11H,4,7-10,12H2,1-3H3. The van der Waals surface area contributed by atoms with E-state index in [2.05, 4.69) is 0 Å². The second-order valence-electron chi connectivity index (χ2n) is 5.58. The molecule has 0 bridgehead atoms. The Balaban J connectivity index is 2.25. The van der Waals surface area contributed by atoms with Gasteiger partial charge in [-0.1, -0.05) is 13.0 Å².